The molecule has 128 valence electrons. The van der Waals surface area contributed by atoms with E-state index in [1.165, 1.54) is 0 Å². The highest BCUT2D eigenvalue weighted by Crippen LogP contribution is 2.26. The average Bonchev–Trinajstić information content (AvgIpc) is 3.16. The molecule has 0 spiro atoms. The largest absolute Gasteiger partial charge is 0.348 e. The van der Waals surface area contributed by atoms with Crippen LogP contribution in [-0.4, -0.2) is 47.9 Å². The minimum atomic E-state index is 0.375. The van der Waals surface area contributed by atoms with Crippen molar-refractivity contribution in [2.75, 3.05) is 18.4 Å². The summed E-state index contributed by atoms with van der Waals surface area (Å²) in [6, 6.07) is 0. The maximum Gasteiger partial charge on any atom is 0.150 e. The monoisotopic (exact) mass is 336 g/mol. The Hall–Kier alpha value is -2.87. The van der Waals surface area contributed by atoms with Crippen molar-refractivity contribution in [1.82, 2.24) is 34.8 Å². The van der Waals surface area contributed by atoms with Crippen molar-refractivity contribution in [2.24, 2.45) is 0 Å². The average molecular weight is 336 g/mol. The summed E-state index contributed by atoms with van der Waals surface area (Å²) in [5.74, 6) is 2.74. The van der Waals surface area contributed by atoms with Crippen LogP contribution < -0.4 is 5.32 Å². The smallest absolute Gasteiger partial charge is 0.150 e. The van der Waals surface area contributed by atoms with E-state index in [1.54, 1.807) is 31.0 Å². The van der Waals surface area contributed by atoms with Crippen LogP contribution in [0.3, 0.4) is 0 Å². The number of aromatic amines is 1. The van der Waals surface area contributed by atoms with Crippen LogP contribution in [0.25, 0.3) is 0 Å². The molecular weight excluding hydrogens is 316 g/mol. The Labute approximate surface area is 145 Å². The Balaban J connectivity index is 1.44. The number of aromatic nitrogens is 6. The van der Waals surface area contributed by atoms with Gasteiger partial charge in [0.15, 0.2) is 0 Å². The van der Waals surface area contributed by atoms with Crippen LogP contribution in [0.4, 0.5) is 11.6 Å². The summed E-state index contributed by atoms with van der Waals surface area (Å²) in [4.78, 5) is 27.2. The highest BCUT2D eigenvalue weighted by atomic mass is 15.2. The van der Waals surface area contributed by atoms with E-state index in [0.717, 1.165) is 44.0 Å². The first kappa shape index (κ1) is 15.6. The minimum absolute atomic E-state index is 0.375. The number of anilines is 2. The molecule has 1 aliphatic heterocycles. The van der Waals surface area contributed by atoms with Crippen molar-refractivity contribution in [3.8, 4) is 0 Å². The van der Waals surface area contributed by atoms with E-state index < -0.39 is 0 Å². The zero-order valence-corrected chi connectivity index (χ0v) is 13.8. The third kappa shape index (κ3) is 3.97. The van der Waals surface area contributed by atoms with Gasteiger partial charge in [0.1, 0.15) is 17.5 Å². The van der Waals surface area contributed by atoms with Gasteiger partial charge in [-0.2, -0.15) is 0 Å². The molecule has 0 saturated carbocycles. The molecule has 4 heterocycles. The molecule has 1 fully saturated rings. The van der Waals surface area contributed by atoms with Crippen LogP contribution >= 0.6 is 0 Å². The van der Waals surface area contributed by atoms with Crippen molar-refractivity contribution < 1.29 is 0 Å². The summed E-state index contributed by atoms with van der Waals surface area (Å²) >= 11 is 0. The lowest BCUT2D eigenvalue weighted by Gasteiger charge is -2.31. The SMILES string of the molecule is c1cnc(Nc2cncc(C3CCCN(Cc4ncc[nH]4)C3)n2)cn1. The molecule has 4 rings (SSSR count). The van der Waals surface area contributed by atoms with Gasteiger partial charge in [0.2, 0.25) is 0 Å². The third-order valence-electron chi connectivity index (χ3n) is 4.32. The number of piperidine rings is 1. The molecule has 1 saturated heterocycles. The normalized spacial score (nSPS) is 18.2. The molecule has 3 aromatic heterocycles. The van der Waals surface area contributed by atoms with Gasteiger partial charge < -0.3 is 10.3 Å². The van der Waals surface area contributed by atoms with Crippen molar-refractivity contribution in [3.05, 3.63) is 54.9 Å². The van der Waals surface area contributed by atoms with Gasteiger partial charge in [-0.05, 0) is 19.4 Å². The summed E-state index contributed by atoms with van der Waals surface area (Å²) < 4.78 is 0. The molecular formula is C17H20N8. The Morgan fingerprint density at radius 1 is 1.08 bits per heavy atom. The quantitative estimate of drug-likeness (QED) is 0.736. The summed E-state index contributed by atoms with van der Waals surface area (Å²) in [6.45, 7) is 2.89. The first-order chi connectivity index (χ1) is 12.4. The molecule has 25 heavy (non-hydrogen) atoms. The number of hydrogen-bond donors (Lipinski definition) is 2. The zero-order chi connectivity index (χ0) is 16.9. The topological polar surface area (TPSA) is 95.5 Å². The number of rotatable bonds is 5. The van der Waals surface area contributed by atoms with E-state index in [9.17, 15) is 0 Å². The first-order valence-electron chi connectivity index (χ1n) is 8.42. The summed E-state index contributed by atoms with van der Waals surface area (Å²) in [5, 5.41) is 3.16. The van der Waals surface area contributed by atoms with E-state index in [-0.39, 0.29) is 0 Å². The number of hydrogen-bond acceptors (Lipinski definition) is 7. The number of nitrogens with zero attached hydrogens (tertiary/aromatic N) is 6. The summed E-state index contributed by atoms with van der Waals surface area (Å²) in [6.07, 6.45) is 14.5. The molecule has 1 atom stereocenters. The Morgan fingerprint density at radius 2 is 2.04 bits per heavy atom. The van der Waals surface area contributed by atoms with E-state index >= 15 is 0 Å². The van der Waals surface area contributed by atoms with Crippen molar-refractivity contribution in [2.45, 2.75) is 25.3 Å². The van der Waals surface area contributed by atoms with Crippen LogP contribution in [0, 0.1) is 0 Å². The Kier molecular flexibility index (Phi) is 4.60. The molecule has 0 radical (unpaired) electrons. The fourth-order valence-electron chi connectivity index (χ4n) is 3.17. The number of H-pyrrole nitrogens is 1. The maximum absolute atomic E-state index is 4.73. The molecule has 8 nitrogen and oxygen atoms in total. The Morgan fingerprint density at radius 3 is 2.88 bits per heavy atom. The highest BCUT2D eigenvalue weighted by Gasteiger charge is 2.23. The predicted octanol–water partition coefficient (Wildman–Crippen LogP) is 2.11. The van der Waals surface area contributed by atoms with Crippen LogP contribution in [0.15, 0.2) is 43.4 Å². The van der Waals surface area contributed by atoms with Crippen LogP contribution in [0.2, 0.25) is 0 Å². The van der Waals surface area contributed by atoms with Gasteiger partial charge in [-0.1, -0.05) is 0 Å². The second-order valence-corrected chi connectivity index (χ2v) is 6.15. The third-order valence-corrected chi connectivity index (χ3v) is 4.32. The van der Waals surface area contributed by atoms with Crippen LogP contribution in [0.5, 0.6) is 0 Å². The lowest BCUT2D eigenvalue weighted by atomic mass is 9.95. The molecule has 0 aromatic carbocycles. The van der Waals surface area contributed by atoms with Crippen molar-refractivity contribution in [3.63, 3.8) is 0 Å². The van der Waals surface area contributed by atoms with Crippen molar-refractivity contribution >= 4 is 11.6 Å². The van der Waals surface area contributed by atoms with Gasteiger partial charge in [-0.25, -0.2) is 15.0 Å². The standard InChI is InChI=1S/C17H20N8/c1-2-13(11-25(7-1)12-17-21-5-6-22-17)14-8-19-10-16(23-14)24-15-9-18-3-4-20-15/h3-6,8-10,13H,1-2,7,11-12H2,(H,21,22)(H,20,23,24). The van der Waals surface area contributed by atoms with Gasteiger partial charge >= 0.3 is 0 Å². The maximum atomic E-state index is 4.73. The lowest BCUT2D eigenvalue weighted by Crippen LogP contribution is -2.34. The molecule has 1 aliphatic rings. The fraction of sp³-hybridized carbons (Fsp3) is 0.353. The molecule has 8 heteroatoms. The van der Waals surface area contributed by atoms with Gasteiger partial charge in [0, 0.05) is 43.4 Å². The molecule has 0 aliphatic carbocycles. The second-order valence-electron chi connectivity index (χ2n) is 6.15. The summed E-state index contributed by atoms with van der Waals surface area (Å²) in [5.41, 5.74) is 1.01. The van der Waals surface area contributed by atoms with E-state index in [0.29, 0.717) is 17.6 Å². The van der Waals surface area contributed by atoms with Gasteiger partial charge in [0.25, 0.3) is 0 Å². The second kappa shape index (κ2) is 7.35. The molecule has 1 unspecified atom stereocenters. The number of nitrogens with one attached hydrogen (secondary N) is 2. The van der Waals surface area contributed by atoms with E-state index in [4.69, 9.17) is 4.98 Å². The highest BCUT2D eigenvalue weighted by molar-refractivity contribution is 5.48. The lowest BCUT2D eigenvalue weighted by molar-refractivity contribution is 0.194. The Bertz CT molecular complexity index is 789. The summed E-state index contributed by atoms with van der Waals surface area (Å²) in [7, 11) is 0. The minimum Gasteiger partial charge on any atom is -0.348 e. The van der Waals surface area contributed by atoms with Gasteiger partial charge in [-0.15, -0.1) is 0 Å². The molecule has 0 bridgehead atoms. The molecule has 3 aromatic rings. The van der Waals surface area contributed by atoms with E-state index in [1.807, 2.05) is 12.4 Å². The molecule has 0 amide bonds. The van der Waals surface area contributed by atoms with Crippen LogP contribution in [-0.2, 0) is 6.54 Å². The van der Waals surface area contributed by atoms with Crippen molar-refractivity contribution in [1.29, 1.82) is 0 Å². The molecule has 2 N–H and O–H groups in total. The number of imidazole rings is 1. The fourth-order valence-corrected chi connectivity index (χ4v) is 3.17. The van der Waals surface area contributed by atoms with E-state index in [2.05, 4.69) is 35.1 Å². The number of likely N-dealkylation sites (tertiary alicyclic amines) is 1. The van der Waals surface area contributed by atoms with Gasteiger partial charge in [-0.3, -0.25) is 14.9 Å². The predicted molar refractivity (Wildman–Crippen MR) is 93.2 cm³/mol. The zero-order valence-electron chi connectivity index (χ0n) is 13.8. The van der Waals surface area contributed by atoms with Crippen LogP contribution in [0.1, 0.15) is 30.3 Å². The van der Waals surface area contributed by atoms with Gasteiger partial charge in [0.05, 0.1) is 24.6 Å². The first-order valence-corrected chi connectivity index (χ1v) is 8.42.